The van der Waals surface area contributed by atoms with E-state index in [-0.39, 0.29) is 5.41 Å². The fourth-order valence-electron chi connectivity index (χ4n) is 8.17. The Morgan fingerprint density at radius 3 is 1.92 bits per heavy atom. The molecule has 6 aromatic carbocycles. The molecule has 0 aliphatic heterocycles. The van der Waals surface area contributed by atoms with Crippen molar-refractivity contribution < 1.29 is 0 Å². The van der Waals surface area contributed by atoms with Crippen molar-refractivity contribution in [3.63, 3.8) is 0 Å². The normalized spacial score (nSPS) is 13.4. The zero-order valence-corrected chi connectivity index (χ0v) is 26.5. The molecule has 48 heavy (non-hydrogen) atoms. The minimum atomic E-state index is -0.226. The maximum atomic E-state index is 7.61. The van der Waals surface area contributed by atoms with Crippen LogP contribution in [-0.4, -0.2) is 14.4 Å². The molecule has 0 radical (unpaired) electrons. The van der Waals surface area contributed by atoms with Gasteiger partial charge in [-0.1, -0.05) is 117 Å². The summed E-state index contributed by atoms with van der Waals surface area (Å²) in [6.45, 7) is 12.2. The lowest BCUT2D eigenvalue weighted by atomic mass is 9.80. The molecule has 1 aliphatic carbocycles. The van der Waals surface area contributed by atoms with Gasteiger partial charge < -0.3 is 0 Å². The predicted octanol–water partition coefficient (Wildman–Crippen LogP) is 11.5. The predicted molar refractivity (Wildman–Crippen MR) is 198 cm³/mol. The van der Waals surface area contributed by atoms with Crippen molar-refractivity contribution in [2.24, 2.45) is 0 Å². The van der Waals surface area contributed by atoms with E-state index in [1.54, 1.807) is 0 Å². The number of hydrogen-bond donors (Lipinski definition) is 0. The van der Waals surface area contributed by atoms with Crippen molar-refractivity contribution in [2.75, 3.05) is 0 Å². The summed E-state index contributed by atoms with van der Waals surface area (Å²) in [6, 6.07) is 45.1. The molecule has 0 amide bonds. The van der Waals surface area contributed by atoms with Gasteiger partial charge in [0.1, 0.15) is 16.7 Å². The number of fused-ring (bicyclic) bond motifs is 10. The summed E-state index contributed by atoms with van der Waals surface area (Å²) in [4.78, 5) is 14.3. The van der Waals surface area contributed by atoms with E-state index < -0.39 is 0 Å². The Morgan fingerprint density at radius 2 is 1.21 bits per heavy atom. The van der Waals surface area contributed by atoms with E-state index in [0.717, 1.165) is 49.6 Å². The van der Waals surface area contributed by atoms with Crippen LogP contribution >= 0.6 is 0 Å². The molecular formula is C44H28N4. The minimum absolute atomic E-state index is 0.226. The molecule has 3 aromatic heterocycles. The van der Waals surface area contributed by atoms with Gasteiger partial charge in [0, 0.05) is 22.6 Å². The highest BCUT2D eigenvalue weighted by atomic mass is 15.0. The average Bonchev–Trinajstić information content (AvgIpc) is 3.63. The van der Waals surface area contributed by atoms with E-state index in [1.807, 2.05) is 12.1 Å². The van der Waals surface area contributed by atoms with Gasteiger partial charge in [-0.2, -0.15) is 0 Å². The Kier molecular flexibility index (Phi) is 5.38. The second-order valence-corrected chi connectivity index (χ2v) is 13.3. The van der Waals surface area contributed by atoms with Gasteiger partial charge in [0.15, 0.2) is 5.69 Å². The Hall–Kier alpha value is -6.31. The van der Waals surface area contributed by atoms with Crippen LogP contribution < -0.4 is 0 Å². The summed E-state index contributed by atoms with van der Waals surface area (Å²) in [7, 11) is 0. The van der Waals surface area contributed by atoms with E-state index in [2.05, 4.69) is 145 Å². The summed E-state index contributed by atoms with van der Waals surface area (Å²) in [5.74, 6) is 0. The molecule has 0 spiro atoms. The fourth-order valence-corrected chi connectivity index (χ4v) is 8.17. The monoisotopic (exact) mass is 612 g/mol. The number of imidazole rings is 1. The highest BCUT2D eigenvalue weighted by Crippen LogP contribution is 2.52. The number of rotatable bonds is 2. The summed E-state index contributed by atoms with van der Waals surface area (Å²) in [5, 5.41) is 5.74. The number of hydrogen-bond acceptors (Lipinski definition) is 2. The second-order valence-electron chi connectivity index (χ2n) is 13.3. The van der Waals surface area contributed by atoms with Crippen LogP contribution in [0.5, 0.6) is 0 Å². The lowest BCUT2D eigenvalue weighted by Crippen LogP contribution is -2.15. The third-order valence-electron chi connectivity index (χ3n) is 10.4. The van der Waals surface area contributed by atoms with Crippen LogP contribution in [0.4, 0.5) is 5.69 Å². The Labute approximate surface area is 277 Å². The molecule has 3 heterocycles. The Bertz CT molecular complexity index is 2830. The number of aromatic nitrogens is 3. The molecule has 0 bridgehead atoms. The molecule has 0 atom stereocenters. The summed E-state index contributed by atoms with van der Waals surface area (Å²) in [6.07, 6.45) is 2.09. The number of benzene rings is 6. The van der Waals surface area contributed by atoms with Crippen molar-refractivity contribution in [3.05, 3.63) is 156 Å². The first kappa shape index (κ1) is 26.9. The quantitative estimate of drug-likeness (QED) is 0.144. The first-order chi connectivity index (χ1) is 23.5. The van der Waals surface area contributed by atoms with Crippen LogP contribution in [0.2, 0.25) is 0 Å². The van der Waals surface area contributed by atoms with Gasteiger partial charge in [-0.3, -0.25) is 4.40 Å². The Balaban J connectivity index is 1.31. The second kappa shape index (κ2) is 9.61. The SMILES string of the molecule is [C-]#[N+]c1ccc2c(c1)C(C)(C)c1cc(-c3c4ccccc4c(-c4nc5ccccc5c5nc6ccccn6c45)c4ccccc34)ccc1-2. The molecule has 4 nitrogen and oxygen atoms in total. The van der Waals surface area contributed by atoms with Crippen LogP contribution in [0.15, 0.2) is 134 Å². The molecule has 1 aliphatic rings. The van der Waals surface area contributed by atoms with Gasteiger partial charge in [0.2, 0.25) is 0 Å². The highest BCUT2D eigenvalue weighted by molar-refractivity contribution is 6.24. The third-order valence-corrected chi connectivity index (χ3v) is 10.4. The van der Waals surface area contributed by atoms with Crippen molar-refractivity contribution in [3.8, 4) is 33.5 Å². The van der Waals surface area contributed by atoms with Gasteiger partial charge in [-0.05, 0) is 79.2 Å². The highest BCUT2D eigenvalue weighted by Gasteiger charge is 2.36. The molecule has 0 unspecified atom stereocenters. The lowest BCUT2D eigenvalue weighted by Gasteiger charge is -2.23. The molecule has 0 N–H and O–H groups in total. The summed E-state index contributed by atoms with van der Waals surface area (Å²) < 4.78 is 2.18. The van der Waals surface area contributed by atoms with Crippen molar-refractivity contribution in [1.82, 2.24) is 14.4 Å². The van der Waals surface area contributed by atoms with Crippen molar-refractivity contribution >= 4 is 54.8 Å². The van der Waals surface area contributed by atoms with Crippen LogP contribution in [0.3, 0.4) is 0 Å². The van der Waals surface area contributed by atoms with Crippen LogP contribution in [0, 0.1) is 6.57 Å². The van der Waals surface area contributed by atoms with Gasteiger partial charge in [-0.15, -0.1) is 0 Å². The van der Waals surface area contributed by atoms with E-state index >= 15 is 0 Å². The molecule has 10 rings (SSSR count). The molecule has 0 fully saturated rings. The first-order valence-corrected chi connectivity index (χ1v) is 16.3. The lowest BCUT2D eigenvalue weighted by molar-refractivity contribution is 0.661. The van der Waals surface area contributed by atoms with Crippen LogP contribution in [0.1, 0.15) is 25.0 Å². The largest absolute Gasteiger partial charge is 0.298 e. The third kappa shape index (κ3) is 3.53. The van der Waals surface area contributed by atoms with Crippen molar-refractivity contribution in [1.29, 1.82) is 0 Å². The molecule has 0 saturated heterocycles. The average molecular weight is 613 g/mol. The smallest absolute Gasteiger partial charge is 0.187 e. The molecular weight excluding hydrogens is 585 g/mol. The molecule has 9 aromatic rings. The zero-order chi connectivity index (χ0) is 32.1. The number of pyridine rings is 2. The van der Waals surface area contributed by atoms with Crippen LogP contribution in [-0.2, 0) is 5.41 Å². The van der Waals surface area contributed by atoms with E-state index in [1.165, 1.54) is 44.2 Å². The van der Waals surface area contributed by atoms with Gasteiger partial charge in [-0.25, -0.2) is 14.8 Å². The summed E-state index contributed by atoms with van der Waals surface area (Å²) in [5.41, 5.74) is 13.7. The zero-order valence-electron chi connectivity index (χ0n) is 26.5. The topological polar surface area (TPSA) is 34.5 Å². The van der Waals surface area contributed by atoms with Gasteiger partial charge >= 0.3 is 0 Å². The fraction of sp³-hybridized carbons (Fsp3) is 0.0682. The molecule has 4 heteroatoms. The standard InChI is InChI=1S/C44H28N4/c1-44(2)35-24-26(19-21-28(35)29-22-20-27(45-3)25-36(29)44)39-30-12-4-6-14-32(30)40(33-15-7-5-13-31(33)39)42-43-41(34-16-8-9-17-37(34)46-42)47-38-18-10-11-23-48(38)43/h4-25H,1-2H3. The molecule has 0 saturated carbocycles. The first-order valence-electron chi connectivity index (χ1n) is 16.3. The van der Waals surface area contributed by atoms with E-state index in [0.29, 0.717) is 5.69 Å². The van der Waals surface area contributed by atoms with Gasteiger partial charge in [0.25, 0.3) is 0 Å². The molecule has 224 valence electrons. The summed E-state index contributed by atoms with van der Waals surface area (Å²) >= 11 is 0. The number of nitrogens with zero attached hydrogens (tertiary/aromatic N) is 4. The van der Waals surface area contributed by atoms with Crippen molar-refractivity contribution in [2.45, 2.75) is 19.3 Å². The van der Waals surface area contributed by atoms with Crippen LogP contribution in [0.25, 0.3) is 87.5 Å². The number of para-hydroxylation sites is 1. The maximum absolute atomic E-state index is 7.61. The minimum Gasteiger partial charge on any atom is -0.298 e. The van der Waals surface area contributed by atoms with E-state index in [4.69, 9.17) is 16.5 Å². The Morgan fingerprint density at radius 1 is 0.604 bits per heavy atom. The van der Waals surface area contributed by atoms with E-state index in [9.17, 15) is 0 Å². The van der Waals surface area contributed by atoms with Gasteiger partial charge in [0.05, 0.1) is 17.8 Å². The maximum Gasteiger partial charge on any atom is 0.187 e.